The zero-order valence-electron chi connectivity index (χ0n) is 12.6. The predicted octanol–water partition coefficient (Wildman–Crippen LogP) is 3.85. The fraction of sp³-hybridized carbons (Fsp3) is 0.368. The van der Waals surface area contributed by atoms with E-state index in [9.17, 15) is 0 Å². The normalized spacial score (nSPS) is 17.6. The van der Waals surface area contributed by atoms with Crippen molar-refractivity contribution in [3.8, 4) is 0 Å². The van der Waals surface area contributed by atoms with E-state index in [4.69, 9.17) is 4.74 Å². The molecule has 110 valence electrons. The largest absolute Gasteiger partial charge is 0.381 e. The second kappa shape index (κ2) is 6.88. The number of hydrogen-bond donors (Lipinski definition) is 1. The van der Waals surface area contributed by atoms with Gasteiger partial charge in [0.25, 0.3) is 0 Å². The van der Waals surface area contributed by atoms with Crippen molar-refractivity contribution in [3.63, 3.8) is 0 Å². The average molecular weight is 281 g/mol. The predicted molar refractivity (Wildman–Crippen MR) is 86.4 cm³/mol. The molecule has 0 aliphatic carbocycles. The molecule has 0 saturated carbocycles. The van der Waals surface area contributed by atoms with E-state index in [0.717, 1.165) is 26.1 Å². The lowest BCUT2D eigenvalue weighted by molar-refractivity contribution is 0.0761. The van der Waals surface area contributed by atoms with E-state index in [1.165, 1.54) is 16.7 Å². The lowest BCUT2D eigenvalue weighted by atomic mass is 9.96. The van der Waals surface area contributed by atoms with Gasteiger partial charge in [-0.2, -0.15) is 0 Å². The molecule has 21 heavy (non-hydrogen) atoms. The van der Waals surface area contributed by atoms with Gasteiger partial charge in [-0.05, 0) is 30.9 Å². The Kier molecular flexibility index (Phi) is 4.69. The van der Waals surface area contributed by atoms with Gasteiger partial charge >= 0.3 is 0 Å². The third kappa shape index (κ3) is 3.72. The SMILES string of the molecule is Cc1ccc(C(NC2CCOCC2)c2ccccc2)cc1. The smallest absolute Gasteiger partial charge is 0.0578 e. The Balaban J connectivity index is 1.85. The third-order valence-corrected chi connectivity index (χ3v) is 4.17. The van der Waals surface area contributed by atoms with Crippen molar-refractivity contribution < 1.29 is 4.74 Å². The molecule has 0 radical (unpaired) electrons. The van der Waals surface area contributed by atoms with Crippen LogP contribution in [0.5, 0.6) is 0 Å². The van der Waals surface area contributed by atoms with Crippen LogP contribution in [0.15, 0.2) is 54.6 Å². The average Bonchev–Trinajstić information content (AvgIpc) is 2.55. The molecule has 1 atom stereocenters. The Bertz CT molecular complexity index is 544. The van der Waals surface area contributed by atoms with E-state index >= 15 is 0 Å². The van der Waals surface area contributed by atoms with Crippen LogP contribution in [0.4, 0.5) is 0 Å². The van der Waals surface area contributed by atoms with Crippen molar-refractivity contribution in [2.24, 2.45) is 0 Å². The van der Waals surface area contributed by atoms with Crippen LogP contribution < -0.4 is 5.32 Å². The van der Waals surface area contributed by atoms with Crippen LogP contribution in [0.2, 0.25) is 0 Å². The molecule has 0 amide bonds. The summed E-state index contributed by atoms with van der Waals surface area (Å²) in [4.78, 5) is 0. The molecule has 2 aromatic carbocycles. The fourth-order valence-electron chi connectivity index (χ4n) is 2.89. The summed E-state index contributed by atoms with van der Waals surface area (Å²) in [6, 6.07) is 20.4. The Morgan fingerprint density at radius 1 is 0.905 bits per heavy atom. The monoisotopic (exact) mass is 281 g/mol. The lowest BCUT2D eigenvalue weighted by Crippen LogP contribution is -2.37. The first kappa shape index (κ1) is 14.3. The van der Waals surface area contributed by atoms with Crippen molar-refractivity contribution >= 4 is 0 Å². The van der Waals surface area contributed by atoms with Crippen LogP contribution >= 0.6 is 0 Å². The third-order valence-electron chi connectivity index (χ3n) is 4.17. The minimum Gasteiger partial charge on any atom is -0.381 e. The number of ether oxygens (including phenoxy) is 1. The molecule has 1 aliphatic heterocycles. The highest BCUT2D eigenvalue weighted by Gasteiger charge is 2.20. The number of hydrogen-bond acceptors (Lipinski definition) is 2. The molecule has 1 saturated heterocycles. The summed E-state index contributed by atoms with van der Waals surface area (Å²) in [6.07, 6.45) is 2.18. The second-order valence-corrected chi connectivity index (χ2v) is 5.81. The zero-order valence-corrected chi connectivity index (χ0v) is 12.6. The van der Waals surface area contributed by atoms with Gasteiger partial charge in [-0.3, -0.25) is 0 Å². The highest BCUT2D eigenvalue weighted by atomic mass is 16.5. The van der Waals surface area contributed by atoms with Gasteiger partial charge in [0.1, 0.15) is 0 Å². The van der Waals surface area contributed by atoms with Gasteiger partial charge in [0, 0.05) is 19.3 Å². The van der Waals surface area contributed by atoms with Crippen LogP contribution in [0.1, 0.15) is 35.6 Å². The minimum absolute atomic E-state index is 0.259. The quantitative estimate of drug-likeness (QED) is 0.919. The van der Waals surface area contributed by atoms with Crippen LogP contribution in [0.25, 0.3) is 0 Å². The Morgan fingerprint density at radius 3 is 2.19 bits per heavy atom. The van der Waals surface area contributed by atoms with Crippen molar-refractivity contribution in [2.75, 3.05) is 13.2 Å². The Morgan fingerprint density at radius 2 is 1.52 bits per heavy atom. The molecule has 1 unspecified atom stereocenters. The Labute approximate surface area is 127 Å². The van der Waals surface area contributed by atoms with Gasteiger partial charge in [0.2, 0.25) is 0 Å². The summed E-state index contributed by atoms with van der Waals surface area (Å²) in [5.74, 6) is 0. The molecule has 0 bridgehead atoms. The minimum atomic E-state index is 0.259. The topological polar surface area (TPSA) is 21.3 Å². The van der Waals surface area contributed by atoms with Gasteiger partial charge in [-0.25, -0.2) is 0 Å². The number of aryl methyl sites for hydroxylation is 1. The standard InChI is InChI=1S/C19H23NO/c1-15-7-9-17(10-8-15)19(16-5-3-2-4-6-16)20-18-11-13-21-14-12-18/h2-10,18-20H,11-14H2,1H3. The maximum absolute atomic E-state index is 5.47. The molecule has 2 heteroatoms. The van der Waals surface area contributed by atoms with Crippen LogP contribution in [-0.2, 0) is 4.74 Å². The fourth-order valence-corrected chi connectivity index (χ4v) is 2.89. The van der Waals surface area contributed by atoms with Gasteiger partial charge in [-0.1, -0.05) is 60.2 Å². The number of benzene rings is 2. The van der Waals surface area contributed by atoms with Crippen molar-refractivity contribution in [1.29, 1.82) is 0 Å². The summed E-state index contributed by atoms with van der Waals surface area (Å²) in [5.41, 5.74) is 3.96. The number of rotatable bonds is 4. The van der Waals surface area contributed by atoms with E-state index in [0.29, 0.717) is 6.04 Å². The molecule has 3 rings (SSSR count). The second-order valence-electron chi connectivity index (χ2n) is 5.81. The molecule has 2 nitrogen and oxygen atoms in total. The van der Waals surface area contributed by atoms with E-state index in [1.807, 2.05) is 0 Å². The Hall–Kier alpha value is -1.64. The summed E-state index contributed by atoms with van der Waals surface area (Å²) in [7, 11) is 0. The van der Waals surface area contributed by atoms with Gasteiger partial charge in [0.05, 0.1) is 6.04 Å². The number of nitrogens with one attached hydrogen (secondary N) is 1. The van der Waals surface area contributed by atoms with Crippen LogP contribution in [0.3, 0.4) is 0 Å². The van der Waals surface area contributed by atoms with Gasteiger partial charge in [0.15, 0.2) is 0 Å². The molecule has 1 heterocycles. The highest BCUT2D eigenvalue weighted by molar-refractivity contribution is 5.33. The molecular weight excluding hydrogens is 258 g/mol. The molecule has 1 aliphatic rings. The molecule has 1 N–H and O–H groups in total. The zero-order chi connectivity index (χ0) is 14.5. The first-order valence-corrected chi connectivity index (χ1v) is 7.78. The summed E-state index contributed by atoms with van der Waals surface area (Å²) >= 11 is 0. The molecule has 2 aromatic rings. The summed E-state index contributed by atoms with van der Waals surface area (Å²) in [6.45, 7) is 3.87. The van der Waals surface area contributed by atoms with E-state index in [-0.39, 0.29) is 6.04 Å². The van der Waals surface area contributed by atoms with Crippen molar-refractivity contribution in [1.82, 2.24) is 5.32 Å². The molecule has 0 spiro atoms. The van der Waals surface area contributed by atoms with Crippen molar-refractivity contribution in [3.05, 3.63) is 71.3 Å². The van der Waals surface area contributed by atoms with Gasteiger partial charge < -0.3 is 10.1 Å². The van der Waals surface area contributed by atoms with E-state index in [2.05, 4.69) is 66.8 Å². The molecule has 0 aromatic heterocycles. The van der Waals surface area contributed by atoms with Crippen LogP contribution in [-0.4, -0.2) is 19.3 Å². The highest BCUT2D eigenvalue weighted by Crippen LogP contribution is 2.24. The first-order valence-electron chi connectivity index (χ1n) is 7.78. The maximum Gasteiger partial charge on any atom is 0.0578 e. The summed E-state index contributed by atoms with van der Waals surface area (Å²) < 4.78 is 5.47. The molecule has 1 fully saturated rings. The lowest BCUT2D eigenvalue weighted by Gasteiger charge is -2.29. The van der Waals surface area contributed by atoms with Crippen molar-refractivity contribution in [2.45, 2.75) is 31.8 Å². The van der Waals surface area contributed by atoms with Crippen LogP contribution in [0, 0.1) is 6.92 Å². The maximum atomic E-state index is 5.47. The van der Waals surface area contributed by atoms with E-state index in [1.54, 1.807) is 0 Å². The van der Waals surface area contributed by atoms with Gasteiger partial charge in [-0.15, -0.1) is 0 Å². The first-order chi connectivity index (χ1) is 10.3. The summed E-state index contributed by atoms with van der Waals surface area (Å²) in [5, 5.41) is 3.83. The molecular formula is C19H23NO. The van der Waals surface area contributed by atoms with E-state index < -0.39 is 0 Å².